The van der Waals surface area contributed by atoms with E-state index in [1.807, 2.05) is 38.1 Å². The summed E-state index contributed by atoms with van der Waals surface area (Å²) in [6.07, 6.45) is 6.16. The lowest BCUT2D eigenvalue weighted by molar-refractivity contribution is -0.121. The summed E-state index contributed by atoms with van der Waals surface area (Å²) in [5.41, 5.74) is 1.72. The summed E-state index contributed by atoms with van der Waals surface area (Å²) < 4.78 is 12.5. The summed E-state index contributed by atoms with van der Waals surface area (Å²) in [4.78, 5) is 43.1. The lowest BCUT2D eigenvalue weighted by Crippen LogP contribution is -2.58. The highest BCUT2D eigenvalue weighted by molar-refractivity contribution is 5.78. The van der Waals surface area contributed by atoms with Crippen LogP contribution in [0.1, 0.15) is 31.0 Å². The van der Waals surface area contributed by atoms with Crippen LogP contribution in [0, 0.1) is 6.92 Å². The SMILES string of the molecule is CCCNC(=O)N1CCN(c2cc(C)nc(-n3ccnc3)n2)C(CC(=O)NCc2ccc3c(c2)OCO3)C1. The predicted molar refractivity (Wildman–Crippen MR) is 139 cm³/mol. The Bertz CT molecular complexity index is 1280. The van der Waals surface area contributed by atoms with Gasteiger partial charge in [-0.15, -0.1) is 0 Å². The van der Waals surface area contributed by atoms with E-state index >= 15 is 0 Å². The van der Waals surface area contributed by atoms with Crippen LogP contribution in [0.2, 0.25) is 0 Å². The van der Waals surface area contributed by atoms with Gasteiger partial charge in [0.2, 0.25) is 18.6 Å². The molecule has 12 heteroatoms. The molecule has 0 saturated carbocycles. The molecule has 200 valence electrons. The summed E-state index contributed by atoms with van der Waals surface area (Å²) in [7, 11) is 0. The lowest BCUT2D eigenvalue weighted by Gasteiger charge is -2.42. The Morgan fingerprint density at radius 2 is 1.97 bits per heavy atom. The van der Waals surface area contributed by atoms with E-state index in [4.69, 9.17) is 14.5 Å². The zero-order valence-electron chi connectivity index (χ0n) is 21.6. The molecule has 0 bridgehead atoms. The van der Waals surface area contributed by atoms with Gasteiger partial charge in [-0.1, -0.05) is 13.0 Å². The Hall–Kier alpha value is -4.35. The molecule has 2 aromatic heterocycles. The van der Waals surface area contributed by atoms with Crippen LogP contribution in [0.3, 0.4) is 0 Å². The number of rotatable bonds is 8. The molecule has 2 N–H and O–H groups in total. The van der Waals surface area contributed by atoms with Gasteiger partial charge >= 0.3 is 6.03 Å². The molecular weight excluding hydrogens is 488 g/mol. The Balaban J connectivity index is 1.32. The molecule has 0 radical (unpaired) electrons. The van der Waals surface area contributed by atoms with Gasteiger partial charge in [0.05, 0.1) is 6.04 Å². The molecule has 2 aliphatic rings. The number of urea groups is 1. The van der Waals surface area contributed by atoms with E-state index in [2.05, 4.69) is 25.5 Å². The smallest absolute Gasteiger partial charge is 0.317 e. The van der Waals surface area contributed by atoms with E-state index in [0.29, 0.717) is 56.0 Å². The third kappa shape index (κ3) is 5.79. The third-order valence-electron chi connectivity index (χ3n) is 6.50. The standard InChI is InChI=1S/C26H32N8O4/c1-3-6-28-26(36)32-9-10-34(23-11-18(2)30-25(31-23)33-8-7-27-16-33)20(15-32)13-24(35)29-14-19-4-5-21-22(12-19)38-17-37-21/h4-5,7-8,11-12,16,20H,3,6,9-10,13-15,17H2,1-2H3,(H,28,36)(H,29,35). The number of hydrogen-bond acceptors (Lipinski definition) is 8. The van der Waals surface area contributed by atoms with Crippen molar-refractivity contribution >= 4 is 17.8 Å². The highest BCUT2D eigenvalue weighted by Crippen LogP contribution is 2.32. The molecule has 1 aromatic carbocycles. The van der Waals surface area contributed by atoms with Crippen molar-refractivity contribution in [3.05, 3.63) is 54.2 Å². The predicted octanol–water partition coefficient (Wildman–Crippen LogP) is 2.02. The monoisotopic (exact) mass is 520 g/mol. The summed E-state index contributed by atoms with van der Waals surface area (Å²) in [5, 5.41) is 5.95. The van der Waals surface area contributed by atoms with Crippen LogP contribution < -0.4 is 25.0 Å². The number of aromatic nitrogens is 4. The van der Waals surface area contributed by atoms with E-state index in [0.717, 1.165) is 17.7 Å². The van der Waals surface area contributed by atoms with Crippen LogP contribution in [-0.4, -0.2) is 75.4 Å². The lowest BCUT2D eigenvalue weighted by atomic mass is 10.1. The molecule has 1 unspecified atom stereocenters. The van der Waals surface area contributed by atoms with Gasteiger partial charge in [0, 0.05) is 63.3 Å². The molecule has 3 aromatic rings. The number of amides is 3. The Morgan fingerprint density at radius 3 is 2.79 bits per heavy atom. The molecule has 4 heterocycles. The summed E-state index contributed by atoms with van der Waals surface area (Å²) in [6.45, 7) is 6.56. The minimum absolute atomic E-state index is 0.116. The quantitative estimate of drug-likeness (QED) is 0.462. The number of benzene rings is 1. The second-order valence-corrected chi connectivity index (χ2v) is 9.33. The van der Waals surface area contributed by atoms with Crippen molar-refractivity contribution in [1.82, 2.24) is 35.1 Å². The van der Waals surface area contributed by atoms with Crippen LogP contribution in [0.4, 0.5) is 10.6 Å². The molecular formula is C26H32N8O4. The van der Waals surface area contributed by atoms with Crippen LogP contribution in [-0.2, 0) is 11.3 Å². The van der Waals surface area contributed by atoms with Crippen molar-refractivity contribution in [2.24, 2.45) is 0 Å². The highest BCUT2D eigenvalue weighted by atomic mass is 16.7. The number of piperazine rings is 1. The Labute approximate surface area is 221 Å². The average Bonchev–Trinajstić information content (AvgIpc) is 3.62. The molecule has 12 nitrogen and oxygen atoms in total. The molecule has 5 rings (SSSR count). The van der Waals surface area contributed by atoms with Gasteiger partial charge in [0.25, 0.3) is 0 Å². The van der Waals surface area contributed by atoms with Gasteiger partial charge in [-0.05, 0) is 31.0 Å². The number of carbonyl (C=O) groups excluding carboxylic acids is 2. The van der Waals surface area contributed by atoms with E-state index in [9.17, 15) is 9.59 Å². The van der Waals surface area contributed by atoms with Crippen molar-refractivity contribution in [3.63, 3.8) is 0 Å². The Morgan fingerprint density at radius 1 is 1.11 bits per heavy atom. The van der Waals surface area contributed by atoms with Gasteiger partial charge in [-0.3, -0.25) is 9.36 Å². The van der Waals surface area contributed by atoms with Gasteiger partial charge in [0.15, 0.2) is 11.5 Å². The molecule has 0 aliphatic carbocycles. The highest BCUT2D eigenvalue weighted by Gasteiger charge is 2.32. The minimum atomic E-state index is -0.266. The van der Waals surface area contributed by atoms with Crippen LogP contribution in [0.15, 0.2) is 43.0 Å². The number of fused-ring (bicyclic) bond motifs is 1. The van der Waals surface area contributed by atoms with E-state index in [-0.39, 0.29) is 31.2 Å². The molecule has 3 amide bonds. The van der Waals surface area contributed by atoms with Crippen molar-refractivity contribution in [2.45, 2.75) is 39.3 Å². The third-order valence-corrected chi connectivity index (χ3v) is 6.50. The number of carbonyl (C=O) groups is 2. The maximum atomic E-state index is 13.1. The van der Waals surface area contributed by atoms with Gasteiger partial charge in [0.1, 0.15) is 12.1 Å². The number of anilines is 1. The second kappa shape index (κ2) is 11.4. The first-order valence-corrected chi connectivity index (χ1v) is 12.8. The number of nitrogens with zero attached hydrogens (tertiary/aromatic N) is 6. The Kier molecular flexibility index (Phi) is 7.57. The van der Waals surface area contributed by atoms with Gasteiger partial charge in [-0.25, -0.2) is 14.8 Å². The van der Waals surface area contributed by atoms with Crippen LogP contribution >= 0.6 is 0 Å². The fourth-order valence-corrected chi connectivity index (χ4v) is 4.57. The number of ether oxygens (including phenoxy) is 2. The second-order valence-electron chi connectivity index (χ2n) is 9.33. The van der Waals surface area contributed by atoms with Gasteiger partial charge in [-0.2, -0.15) is 4.98 Å². The summed E-state index contributed by atoms with van der Waals surface area (Å²) in [6, 6.07) is 7.14. The maximum Gasteiger partial charge on any atom is 0.317 e. The number of aryl methyl sites for hydroxylation is 1. The maximum absolute atomic E-state index is 13.1. The van der Waals surface area contributed by atoms with Crippen molar-refractivity contribution in [1.29, 1.82) is 0 Å². The van der Waals surface area contributed by atoms with E-state index in [1.165, 1.54) is 0 Å². The normalized spacial score (nSPS) is 16.4. The fraction of sp³-hybridized carbons (Fsp3) is 0.423. The number of hydrogen-bond donors (Lipinski definition) is 2. The molecule has 1 fully saturated rings. The first-order valence-electron chi connectivity index (χ1n) is 12.8. The van der Waals surface area contributed by atoms with Crippen molar-refractivity contribution in [3.8, 4) is 17.4 Å². The van der Waals surface area contributed by atoms with Crippen molar-refractivity contribution < 1.29 is 19.1 Å². The number of imidazole rings is 1. The molecule has 1 saturated heterocycles. The molecule has 0 spiro atoms. The topological polar surface area (TPSA) is 127 Å². The first-order chi connectivity index (χ1) is 18.5. The average molecular weight is 521 g/mol. The summed E-state index contributed by atoms with van der Waals surface area (Å²) >= 11 is 0. The van der Waals surface area contributed by atoms with Crippen LogP contribution in [0.5, 0.6) is 11.5 Å². The fourth-order valence-electron chi connectivity index (χ4n) is 4.57. The summed E-state index contributed by atoms with van der Waals surface area (Å²) in [5.74, 6) is 2.48. The minimum Gasteiger partial charge on any atom is -0.454 e. The number of nitrogens with one attached hydrogen (secondary N) is 2. The van der Waals surface area contributed by atoms with Crippen molar-refractivity contribution in [2.75, 3.05) is 37.9 Å². The van der Waals surface area contributed by atoms with E-state index in [1.54, 1.807) is 28.2 Å². The van der Waals surface area contributed by atoms with Crippen LogP contribution in [0.25, 0.3) is 5.95 Å². The van der Waals surface area contributed by atoms with Gasteiger partial charge < -0.3 is 29.9 Å². The first kappa shape index (κ1) is 25.3. The molecule has 1 atom stereocenters. The zero-order chi connectivity index (χ0) is 26.5. The van der Waals surface area contributed by atoms with E-state index < -0.39 is 0 Å². The largest absolute Gasteiger partial charge is 0.454 e. The zero-order valence-corrected chi connectivity index (χ0v) is 21.6. The molecule has 2 aliphatic heterocycles. The molecule has 38 heavy (non-hydrogen) atoms.